The molecule has 3 heteroatoms. The average molecular weight is 216 g/mol. The Kier molecular flexibility index (Phi) is 2.08. The summed E-state index contributed by atoms with van der Waals surface area (Å²) in [7, 11) is 0. The van der Waals surface area contributed by atoms with E-state index in [1.165, 1.54) is 23.3 Å². The van der Waals surface area contributed by atoms with Crippen molar-refractivity contribution >= 4 is 28.6 Å². The molecule has 1 heterocycles. The summed E-state index contributed by atoms with van der Waals surface area (Å²) >= 11 is 7.70. The van der Waals surface area contributed by atoms with Crippen LogP contribution < -0.4 is 5.73 Å². The maximum absolute atomic E-state index is 6.04. The van der Waals surface area contributed by atoms with Gasteiger partial charge in [-0.2, -0.15) is 0 Å². The first-order valence-corrected chi connectivity index (χ1v) is 5.79. The largest absolute Gasteiger partial charge is 0.397 e. The minimum absolute atomic E-state index is 0.224. The Morgan fingerprint density at radius 1 is 1.46 bits per heavy atom. The van der Waals surface area contributed by atoms with E-state index < -0.39 is 0 Å². The van der Waals surface area contributed by atoms with Crippen LogP contribution in [0.1, 0.15) is 37.1 Å². The van der Waals surface area contributed by atoms with E-state index in [4.69, 9.17) is 17.3 Å². The van der Waals surface area contributed by atoms with Crippen LogP contribution in [-0.4, -0.2) is 0 Å². The van der Waals surface area contributed by atoms with Crippen molar-refractivity contribution < 1.29 is 0 Å². The highest BCUT2D eigenvalue weighted by molar-refractivity contribution is 7.17. The van der Waals surface area contributed by atoms with Gasteiger partial charge in [0.15, 0.2) is 0 Å². The number of nitrogen functional groups attached to an aromatic ring is 1. The van der Waals surface area contributed by atoms with E-state index in [1.54, 1.807) is 11.3 Å². The molecule has 13 heavy (non-hydrogen) atoms. The molecule has 0 aromatic carbocycles. The summed E-state index contributed by atoms with van der Waals surface area (Å²) in [5.41, 5.74) is 8.34. The molecule has 2 N–H and O–H groups in total. The summed E-state index contributed by atoms with van der Waals surface area (Å²) < 4.78 is 0.778. The predicted molar refractivity (Wildman–Crippen MR) is 59.7 cm³/mol. The van der Waals surface area contributed by atoms with Crippen LogP contribution in [0.15, 0.2) is 0 Å². The number of nitrogens with two attached hydrogens (primary N) is 1. The Morgan fingerprint density at radius 2 is 2.15 bits per heavy atom. The Balaban J connectivity index is 2.61. The molecule has 0 radical (unpaired) electrons. The molecule has 1 aliphatic rings. The zero-order valence-electron chi connectivity index (χ0n) is 7.98. The van der Waals surface area contributed by atoms with E-state index in [2.05, 4.69) is 13.8 Å². The lowest BCUT2D eigenvalue weighted by atomic mass is 9.75. The molecule has 1 aliphatic carbocycles. The molecule has 0 spiro atoms. The second-order valence-electron chi connectivity index (χ2n) is 4.33. The van der Waals surface area contributed by atoms with Gasteiger partial charge in [-0.25, -0.2) is 0 Å². The van der Waals surface area contributed by atoms with Gasteiger partial charge in [0.05, 0.1) is 5.69 Å². The quantitative estimate of drug-likeness (QED) is 0.703. The van der Waals surface area contributed by atoms with Crippen molar-refractivity contribution in [2.24, 2.45) is 0 Å². The Morgan fingerprint density at radius 3 is 2.77 bits per heavy atom. The number of rotatable bonds is 0. The van der Waals surface area contributed by atoms with Gasteiger partial charge in [0.2, 0.25) is 0 Å². The lowest BCUT2D eigenvalue weighted by Gasteiger charge is -2.30. The van der Waals surface area contributed by atoms with Gasteiger partial charge in [0.1, 0.15) is 4.34 Å². The third kappa shape index (κ3) is 1.36. The maximum Gasteiger partial charge on any atom is 0.116 e. The van der Waals surface area contributed by atoms with Crippen LogP contribution in [0.2, 0.25) is 4.34 Å². The van der Waals surface area contributed by atoms with Gasteiger partial charge >= 0.3 is 0 Å². The lowest BCUT2D eigenvalue weighted by molar-refractivity contribution is 0.438. The van der Waals surface area contributed by atoms with Crippen LogP contribution >= 0.6 is 22.9 Å². The molecule has 2 rings (SSSR count). The van der Waals surface area contributed by atoms with Gasteiger partial charge in [-0.1, -0.05) is 25.4 Å². The minimum Gasteiger partial charge on any atom is -0.397 e. The summed E-state index contributed by atoms with van der Waals surface area (Å²) in [6, 6.07) is 0. The van der Waals surface area contributed by atoms with Gasteiger partial charge in [0, 0.05) is 4.88 Å². The predicted octanol–water partition coefficient (Wildman–Crippen LogP) is 3.60. The second-order valence-corrected chi connectivity index (χ2v) is 6.03. The molecule has 1 aromatic rings. The number of hydrogen-bond acceptors (Lipinski definition) is 2. The molecule has 0 unspecified atom stereocenters. The van der Waals surface area contributed by atoms with Crippen LogP contribution in [0.5, 0.6) is 0 Å². The molecular formula is C10H14ClNS. The van der Waals surface area contributed by atoms with Crippen LogP contribution in [0.4, 0.5) is 5.69 Å². The molecule has 0 fully saturated rings. The molecule has 0 bridgehead atoms. The molecule has 72 valence electrons. The minimum atomic E-state index is 0.224. The highest BCUT2D eigenvalue weighted by atomic mass is 35.5. The summed E-state index contributed by atoms with van der Waals surface area (Å²) in [5, 5.41) is 0. The van der Waals surface area contributed by atoms with Crippen LogP contribution in [0, 0.1) is 0 Å². The molecule has 1 nitrogen and oxygen atoms in total. The summed E-state index contributed by atoms with van der Waals surface area (Å²) in [6.45, 7) is 4.51. The first-order chi connectivity index (χ1) is 6.02. The zero-order chi connectivity index (χ0) is 9.64. The molecule has 0 saturated heterocycles. The van der Waals surface area contributed by atoms with E-state index in [1.807, 2.05) is 0 Å². The van der Waals surface area contributed by atoms with Crippen molar-refractivity contribution in [1.82, 2.24) is 0 Å². The first kappa shape index (κ1) is 9.35. The van der Waals surface area contributed by atoms with Crippen LogP contribution in [-0.2, 0) is 11.8 Å². The molecule has 0 saturated carbocycles. The molecule has 0 aliphatic heterocycles. The third-order valence-electron chi connectivity index (χ3n) is 2.86. The van der Waals surface area contributed by atoms with Gasteiger partial charge in [-0.05, 0) is 30.2 Å². The molecule has 0 amide bonds. The molecular weight excluding hydrogens is 202 g/mol. The highest BCUT2D eigenvalue weighted by Crippen LogP contribution is 2.47. The number of aryl methyl sites for hydroxylation is 1. The Labute approximate surface area is 87.9 Å². The van der Waals surface area contributed by atoms with Crippen molar-refractivity contribution in [2.45, 2.75) is 38.5 Å². The van der Waals surface area contributed by atoms with E-state index in [9.17, 15) is 0 Å². The van der Waals surface area contributed by atoms with Crippen molar-refractivity contribution in [3.8, 4) is 0 Å². The highest BCUT2D eigenvalue weighted by Gasteiger charge is 2.32. The van der Waals surface area contributed by atoms with Crippen molar-refractivity contribution in [3.05, 3.63) is 14.8 Å². The fraction of sp³-hybridized carbons (Fsp3) is 0.600. The second kappa shape index (κ2) is 2.89. The van der Waals surface area contributed by atoms with Gasteiger partial charge in [-0.15, -0.1) is 11.3 Å². The number of hydrogen-bond donors (Lipinski definition) is 1. The fourth-order valence-electron chi connectivity index (χ4n) is 2.20. The number of fused-ring (bicyclic) bond motifs is 1. The summed E-state index contributed by atoms with van der Waals surface area (Å²) in [4.78, 5) is 1.40. The van der Waals surface area contributed by atoms with E-state index in [-0.39, 0.29) is 5.41 Å². The maximum atomic E-state index is 6.04. The van der Waals surface area contributed by atoms with E-state index in [0.717, 1.165) is 16.4 Å². The van der Waals surface area contributed by atoms with Crippen LogP contribution in [0.25, 0.3) is 0 Å². The number of anilines is 1. The average Bonchev–Trinajstić information content (AvgIpc) is 2.28. The Hall–Kier alpha value is -0.210. The van der Waals surface area contributed by atoms with E-state index >= 15 is 0 Å². The lowest BCUT2D eigenvalue weighted by Crippen LogP contribution is -2.23. The topological polar surface area (TPSA) is 26.0 Å². The SMILES string of the molecule is CC1(C)CCCc2sc(Cl)c(N)c21. The first-order valence-electron chi connectivity index (χ1n) is 4.59. The smallest absolute Gasteiger partial charge is 0.116 e. The van der Waals surface area contributed by atoms with Gasteiger partial charge in [-0.3, -0.25) is 0 Å². The molecule has 0 atom stereocenters. The van der Waals surface area contributed by atoms with Crippen molar-refractivity contribution in [2.75, 3.05) is 5.73 Å². The Bertz CT molecular complexity index is 341. The van der Waals surface area contributed by atoms with Crippen LogP contribution in [0.3, 0.4) is 0 Å². The fourth-order valence-corrected chi connectivity index (χ4v) is 3.73. The van der Waals surface area contributed by atoms with Crippen molar-refractivity contribution in [3.63, 3.8) is 0 Å². The zero-order valence-corrected chi connectivity index (χ0v) is 9.56. The normalized spacial score (nSPS) is 19.9. The number of halogens is 1. The summed E-state index contributed by atoms with van der Waals surface area (Å²) in [6.07, 6.45) is 3.63. The van der Waals surface area contributed by atoms with E-state index in [0.29, 0.717) is 0 Å². The summed E-state index contributed by atoms with van der Waals surface area (Å²) in [5.74, 6) is 0. The monoisotopic (exact) mass is 215 g/mol. The molecule has 1 aromatic heterocycles. The third-order valence-corrected chi connectivity index (χ3v) is 4.34. The van der Waals surface area contributed by atoms with Gasteiger partial charge < -0.3 is 5.73 Å². The standard InChI is InChI=1S/C10H14ClNS/c1-10(2)5-3-4-6-7(10)8(12)9(11)13-6/h3-5,12H2,1-2H3. The van der Waals surface area contributed by atoms with Crippen molar-refractivity contribution in [1.29, 1.82) is 0 Å². The number of thiophene rings is 1. The van der Waals surface area contributed by atoms with Gasteiger partial charge in [0.25, 0.3) is 0 Å².